The topological polar surface area (TPSA) is 9.23 Å². The first-order chi connectivity index (χ1) is 2.56. The van der Waals surface area contributed by atoms with Crippen LogP contribution >= 0.6 is 5.74 Å². The van der Waals surface area contributed by atoms with Gasteiger partial charge in [-0.1, -0.05) is 0 Å². The van der Waals surface area contributed by atoms with E-state index in [4.69, 9.17) is 4.52 Å². The normalized spacial score (nSPS) is 11.8. The minimum absolute atomic E-state index is 1.02. The maximum absolute atomic E-state index is 4.99. The Bertz CT molecular complexity index is 74.9. The van der Waals surface area contributed by atoms with Crippen LogP contribution in [0.1, 0.15) is 0 Å². The molecule has 0 rings (SSSR count). The summed E-state index contributed by atoms with van der Waals surface area (Å²) in [6.07, 6.45) is 0. The fourth-order valence-electron chi connectivity index (χ4n) is 0. The van der Waals surface area contributed by atoms with Gasteiger partial charge in [0, 0.05) is 0 Å². The molecule has 0 spiro atoms. The molecule has 0 aromatic rings. The molecular formula is C3H9OPSe. The van der Waals surface area contributed by atoms with Crippen molar-refractivity contribution in [1.29, 1.82) is 0 Å². The molecule has 0 atom stereocenters. The fraction of sp³-hybridized carbons (Fsp3) is 1.00. The molecule has 38 valence electrons. The van der Waals surface area contributed by atoms with Gasteiger partial charge in [-0.25, -0.2) is 0 Å². The molecule has 0 aliphatic rings. The molecular weight excluding hydrogens is 162 g/mol. The van der Waals surface area contributed by atoms with Crippen molar-refractivity contribution in [2.45, 2.75) is 0 Å². The predicted octanol–water partition coefficient (Wildman–Crippen LogP) is 0.908. The van der Waals surface area contributed by atoms with Crippen LogP contribution in [0.2, 0.25) is 0 Å². The molecule has 3 heteroatoms. The third kappa shape index (κ3) is 4.91. The van der Waals surface area contributed by atoms with Crippen LogP contribution in [0.3, 0.4) is 0 Å². The first kappa shape index (κ1) is 6.91. The third-order valence-corrected chi connectivity index (χ3v) is 2.26. The second-order valence-corrected chi connectivity index (χ2v) is 9.84. The standard InChI is InChI=1S/C3H9OPSe/c1-4-5(2,3)6/h1-3H3. The summed E-state index contributed by atoms with van der Waals surface area (Å²) < 4.78 is 4.99. The molecule has 0 N–H and O–H groups in total. The molecule has 6 heavy (non-hydrogen) atoms. The van der Waals surface area contributed by atoms with Crippen molar-refractivity contribution in [3.8, 4) is 0 Å². The Hall–Kier alpha value is 0.909. The van der Waals surface area contributed by atoms with E-state index in [9.17, 15) is 0 Å². The van der Waals surface area contributed by atoms with Gasteiger partial charge in [0.05, 0.1) is 0 Å². The number of rotatable bonds is 1. The zero-order chi connectivity index (χ0) is 5.21. The molecule has 0 heterocycles. The number of hydrogen-bond donors (Lipinski definition) is 0. The van der Waals surface area contributed by atoms with Crippen LogP contribution in [0.15, 0.2) is 0 Å². The molecule has 0 saturated carbocycles. The Balaban J connectivity index is 3.48. The average molecular weight is 171 g/mol. The van der Waals surface area contributed by atoms with Gasteiger partial charge in [-0.2, -0.15) is 0 Å². The van der Waals surface area contributed by atoms with E-state index >= 15 is 0 Å². The molecule has 0 aromatic carbocycles. The van der Waals surface area contributed by atoms with Crippen molar-refractivity contribution < 1.29 is 4.52 Å². The van der Waals surface area contributed by atoms with Crippen molar-refractivity contribution in [1.82, 2.24) is 0 Å². The van der Waals surface area contributed by atoms with Crippen molar-refractivity contribution in [2.24, 2.45) is 0 Å². The van der Waals surface area contributed by atoms with Gasteiger partial charge in [-0.3, -0.25) is 0 Å². The van der Waals surface area contributed by atoms with Crippen molar-refractivity contribution >= 4 is 20.8 Å². The van der Waals surface area contributed by atoms with Crippen molar-refractivity contribution in [3.05, 3.63) is 0 Å². The van der Waals surface area contributed by atoms with Gasteiger partial charge in [0.25, 0.3) is 0 Å². The summed E-state index contributed by atoms with van der Waals surface area (Å²) in [5, 5.41) is 0. The zero-order valence-corrected chi connectivity index (χ0v) is 6.87. The van der Waals surface area contributed by atoms with E-state index in [0.717, 1.165) is 0 Å². The van der Waals surface area contributed by atoms with E-state index in [1.807, 2.05) is 0 Å². The molecule has 0 aliphatic heterocycles. The van der Waals surface area contributed by atoms with Crippen LogP contribution in [-0.2, 0) is 4.52 Å². The fourth-order valence-corrected chi connectivity index (χ4v) is 0. The third-order valence-electron chi connectivity index (χ3n) is 0.440. The Labute approximate surface area is 46.4 Å². The van der Waals surface area contributed by atoms with E-state index in [1.54, 1.807) is 7.11 Å². The molecule has 0 aliphatic carbocycles. The molecule has 0 saturated heterocycles. The summed E-state index contributed by atoms with van der Waals surface area (Å²) in [6.45, 7) is 4.15. The Morgan fingerprint density at radius 3 is 1.67 bits per heavy atom. The molecule has 1 nitrogen and oxygen atoms in total. The van der Waals surface area contributed by atoms with Crippen LogP contribution in [-0.4, -0.2) is 35.5 Å². The van der Waals surface area contributed by atoms with E-state index < -0.39 is 5.74 Å². The molecule has 0 fully saturated rings. The van der Waals surface area contributed by atoms with Crippen LogP contribution in [0.25, 0.3) is 0 Å². The first-order valence-corrected chi connectivity index (χ1v) is 6.49. The molecule has 0 radical (unpaired) electrons. The van der Waals surface area contributed by atoms with Gasteiger partial charge in [0.2, 0.25) is 0 Å². The van der Waals surface area contributed by atoms with Gasteiger partial charge >= 0.3 is 45.8 Å². The summed E-state index contributed by atoms with van der Waals surface area (Å²) >= 11 is 2.95. The maximum atomic E-state index is 4.99. The minimum atomic E-state index is -1.02. The SMILES string of the molecule is COP(C)(C)=[Se]. The molecule has 0 unspecified atom stereocenters. The average Bonchev–Trinajstić information content (AvgIpc) is 1.35. The second-order valence-electron chi connectivity index (χ2n) is 1.43. The zero-order valence-electron chi connectivity index (χ0n) is 4.26. The summed E-state index contributed by atoms with van der Waals surface area (Å²) in [6, 6.07) is 0. The molecule has 0 amide bonds. The first-order valence-electron chi connectivity index (χ1n) is 1.67. The molecule has 0 bridgehead atoms. The van der Waals surface area contributed by atoms with Gasteiger partial charge in [0.1, 0.15) is 0 Å². The Morgan fingerprint density at radius 2 is 1.67 bits per heavy atom. The predicted molar refractivity (Wildman–Crippen MR) is 31.5 cm³/mol. The van der Waals surface area contributed by atoms with Crippen LogP contribution in [0, 0.1) is 0 Å². The summed E-state index contributed by atoms with van der Waals surface area (Å²) in [7, 11) is 1.73. The van der Waals surface area contributed by atoms with E-state index in [2.05, 4.69) is 28.4 Å². The number of hydrogen-bond acceptors (Lipinski definition) is 1. The van der Waals surface area contributed by atoms with Gasteiger partial charge in [-0.15, -0.1) is 0 Å². The van der Waals surface area contributed by atoms with Crippen molar-refractivity contribution in [3.63, 3.8) is 0 Å². The quantitative estimate of drug-likeness (QED) is 0.420. The molecule has 0 aromatic heterocycles. The van der Waals surface area contributed by atoms with E-state index in [1.165, 1.54) is 0 Å². The summed E-state index contributed by atoms with van der Waals surface area (Å²) in [5.41, 5.74) is -1.02. The van der Waals surface area contributed by atoms with Crippen LogP contribution in [0.5, 0.6) is 0 Å². The Morgan fingerprint density at radius 1 is 1.50 bits per heavy atom. The monoisotopic (exact) mass is 172 g/mol. The van der Waals surface area contributed by atoms with Gasteiger partial charge < -0.3 is 0 Å². The van der Waals surface area contributed by atoms with E-state index in [-0.39, 0.29) is 0 Å². The van der Waals surface area contributed by atoms with Crippen molar-refractivity contribution in [2.75, 3.05) is 20.4 Å². The van der Waals surface area contributed by atoms with Crippen LogP contribution < -0.4 is 0 Å². The summed E-state index contributed by atoms with van der Waals surface area (Å²) in [5.74, 6) is 0. The summed E-state index contributed by atoms with van der Waals surface area (Å²) in [4.78, 5) is 0. The second kappa shape index (κ2) is 2.28. The van der Waals surface area contributed by atoms with Crippen LogP contribution in [0.4, 0.5) is 0 Å². The van der Waals surface area contributed by atoms with Gasteiger partial charge in [-0.05, 0) is 0 Å². The Kier molecular flexibility index (Phi) is 2.62. The van der Waals surface area contributed by atoms with E-state index in [0.29, 0.717) is 0 Å². The van der Waals surface area contributed by atoms with Gasteiger partial charge in [0.15, 0.2) is 0 Å².